The number of carbonyl (C=O) groups is 1. The third-order valence-corrected chi connectivity index (χ3v) is 4.55. The number of nitrogens with zero attached hydrogens (tertiary/aromatic N) is 5. The quantitative estimate of drug-likeness (QED) is 0.726. The summed E-state index contributed by atoms with van der Waals surface area (Å²) in [6.45, 7) is 11.9. The van der Waals surface area contributed by atoms with Crippen molar-refractivity contribution in [3.05, 3.63) is 41.6 Å². The highest BCUT2D eigenvalue weighted by Crippen LogP contribution is 2.24. The molecule has 3 aromatic heterocycles. The maximum atomic E-state index is 12.4. The average molecular weight is 382 g/mol. The predicted octanol–water partition coefficient (Wildman–Crippen LogP) is 3.45. The monoisotopic (exact) mass is 382 g/mol. The lowest BCUT2D eigenvalue weighted by molar-refractivity contribution is 0.0938. The molecule has 8 nitrogen and oxygen atoms in total. The summed E-state index contributed by atoms with van der Waals surface area (Å²) in [6, 6.07) is 3.77. The summed E-state index contributed by atoms with van der Waals surface area (Å²) in [6.07, 6.45) is 4.10. The SMILES string of the molecule is CC[C@@H](C)NC(=O)c1cnn(-c2ccc(-c3nc(C(C)(C)C)no3)cn2)c1C. The van der Waals surface area contributed by atoms with E-state index in [0.717, 1.165) is 17.7 Å². The Kier molecular flexibility index (Phi) is 5.31. The van der Waals surface area contributed by atoms with E-state index in [1.54, 1.807) is 17.1 Å². The van der Waals surface area contributed by atoms with Gasteiger partial charge in [-0.3, -0.25) is 4.79 Å². The molecule has 0 unspecified atom stereocenters. The third kappa shape index (κ3) is 3.95. The van der Waals surface area contributed by atoms with E-state index in [4.69, 9.17) is 4.52 Å². The zero-order valence-corrected chi connectivity index (χ0v) is 17.1. The summed E-state index contributed by atoms with van der Waals surface area (Å²) in [5.74, 6) is 1.55. The fourth-order valence-electron chi connectivity index (χ4n) is 2.55. The molecule has 0 aromatic carbocycles. The van der Waals surface area contributed by atoms with Gasteiger partial charge in [0.2, 0.25) is 0 Å². The molecule has 1 atom stereocenters. The summed E-state index contributed by atoms with van der Waals surface area (Å²) < 4.78 is 7.00. The Labute approximate surface area is 164 Å². The molecule has 3 heterocycles. The van der Waals surface area contributed by atoms with E-state index in [9.17, 15) is 4.79 Å². The second-order valence-electron chi connectivity index (χ2n) is 7.92. The number of hydrogen-bond acceptors (Lipinski definition) is 6. The minimum absolute atomic E-state index is 0.111. The third-order valence-electron chi connectivity index (χ3n) is 4.55. The highest BCUT2D eigenvalue weighted by atomic mass is 16.5. The van der Waals surface area contributed by atoms with E-state index in [1.165, 1.54) is 0 Å². The Balaban J connectivity index is 1.82. The standard InChI is InChI=1S/C20H26N6O2/c1-7-12(2)23-17(27)15-11-22-26(13(15)3)16-9-8-14(10-21-16)18-24-19(25-28-18)20(4,5)6/h8-12H,7H2,1-6H3,(H,23,27)/t12-/m1/s1. The smallest absolute Gasteiger partial charge is 0.259 e. The number of hydrogen-bond donors (Lipinski definition) is 1. The first kappa shape index (κ1) is 19.7. The fourth-order valence-corrected chi connectivity index (χ4v) is 2.55. The highest BCUT2D eigenvalue weighted by Gasteiger charge is 2.22. The van der Waals surface area contributed by atoms with Gasteiger partial charge >= 0.3 is 0 Å². The molecule has 3 aromatic rings. The van der Waals surface area contributed by atoms with E-state index >= 15 is 0 Å². The molecule has 0 saturated carbocycles. The highest BCUT2D eigenvalue weighted by molar-refractivity contribution is 5.95. The lowest BCUT2D eigenvalue weighted by Crippen LogP contribution is -2.32. The normalized spacial score (nSPS) is 12.8. The van der Waals surface area contributed by atoms with Gasteiger partial charge in [-0.2, -0.15) is 10.1 Å². The first-order valence-electron chi connectivity index (χ1n) is 9.37. The molecule has 0 radical (unpaired) electrons. The van der Waals surface area contributed by atoms with Crippen molar-refractivity contribution in [2.75, 3.05) is 0 Å². The molecule has 0 spiro atoms. The summed E-state index contributed by atoms with van der Waals surface area (Å²) in [4.78, 5) is 21.3. The Bertz CT molecular complexity index is 965. The Morgan fingerprint density at radius 3 is 2.61 bits per heavy atom. The number of pyridine rings is 1. The molecule has 1 amide bonds. The van der Waals surface area contributed by atoms with Gasteiger partial charge in [0.25, 0.3) is 11.8 Å². The molecule has 0 aliphatic carbocycles. The van der Waals surface area contributed by atoms with E-state index in [0.29, 0.717) is 23.1 Å². The largest absolute Gasteiger partial charge is 0.349 e. The lowest BCUT2D eigenvalue weighted by Gasteiger charge is -2.11. The van der Waals surface area contributed by atoms with Gasteiger partial charge in [-0.15, -0.1) is 0 Å². The van der Waals surface area contributed by atoms with Crippen LogP contribution in [0.4, 0.5) is 0 Å². The topological polar surface area (TPSA) is 98.7 Å². The van der Waals surface area contributed by atoms with Crippen LogP contribution in [0.1, 0.15) is 62.9 Å². The van der Waals surface area contributed by atoms with Gasteiger partial charge < -0.3 is 9.84 Å². The molecule has 0 bridgehead atoms. The number of rotatable bonds is 5. The van der Waals surface area contributed by atoms with Crippen LogP contribution in [0.2, 0.25) is 0 Å². The molecular weight excluding hydrogens is 356 g/mol. The average Bonchev–Trinajstić information content (AvgIpc) is 3.28. The first-order valence-corrected chi connectivity index (χ1v) is 9.37. The van der Waals surface area contributed by atoms with Crippen molar-refractivity contribution in [2.24, 2.45) is 0 Å². The molecule has 3 rings (SSSR count). The second-order valence-corrected chi connectivity index (χ2v) is 7.92. The molecule has 8 heteroatoms. The van der Waals surface area contributed by atoms with Gasteiger partial charge in [0.15, 0.2) is 11.6 Å². The fraction of sp³-hybridized carbons (Fsp3) is 0.450. The van der Waals surface area contributed by atoms with Crippen LogP contribution in [0.3, 0.4) is 0 Å². The van der Waals surface area contributed by atoms with Crippen LogP contribution in [0.5, 0.6) is 0 Å². The van der Waals surface area contributed by atoms with Gasteiger partial charge in [0.05, 0.1) is 23.0 Å². The number of nitrogens with one attached hydrogen (secondary N) is 1. The molecule has 0 aliphatic heterocycles. The predicted molar refractivity (Wildman–Crippen MR) is 105 cm³/mol. The summed E-state index contributed by atoms with van der Waals surface area (Å²) in [5.41, 5.74) is 1.81. The maximum Gasteiger partial charge on any atom is 0.259 e. The number of carbonyl (C=O) groups excluding carboxylic acids is 1. The van der Waals surface area contributed by atoms with Crippen molar-refractivity contribution in [2.45, 2.75) is 59.4 Å². The van der Waals surface area contributed by atoms with Crippen LogP contribution in [0.15, 0.2) is 29.0 Å². The molecule has 148 valence electrons. The van der Waals surface area contributed by atoms with Crippen LogP contribution in [-0.4, -0.2) is 36.9 Å². The van der Waals surface area contributed by atoms with E-state index in [2.05, 4.69) is 25.5 Å². The minimum Gasteiger partial charge on any atom is -0.349 e. The minimum atomic E-state index is -0.187. The Hall–Kier alpha value is -3.03. The van der Waals surface area contributed by atoms with Gasteiger partial charge in [0.1, 0.15) is 0 Å². The second kappa shape index (κ2) is 7.53. The zero-order chi connectivity index (χ0) is 20.5. The van der Waals surface area contributed by atoms with Gasteiger partial charge in [-0.05, 0) is 32.4 Å². The van der Waals surface area contributed by atoms with Crippen molar-refractivity contribution in [1.29, 1.82) is 0 Å². The first-order chi connectivity index (χ1) is 13.2. The summed E-state index contributed by atoms with van der Waals surface area (Å²) >= 11 is 0. The van der Waals surface area contributed by atoms with Crippen molar-refractivity contribution in [1.82, 2.24) is 30.2 Å². The van der Waals surface area contributed by atoms with E-state index < -0.39 is 0 Å². The summed E-state index contributed by atoms with van der Waals surface area (Å²) in [5, 5.41) is 11.3. The molecule has 0 saturated heterocycles. The molecule has 0 fully saturated rings. The lowest BCUT2D eigenvalue weighted by atomic mass is 9.96. The van der Waals surface area contributed by atoms with Crippen molar-refractivity contribution < 1.29 is 9.32 Å². The van der Waals surface area contributed by atoms with Crippen LogP contribution in [0.25, 0.3) is 17.3 Å². The Morgan fingerprint density at radius 2 is 2.04 bits per heavy atom. The molecule has 0 aliphatic rings. The molecule has 1 N–H and O–H groups in total. The number of amides is 1. The van der Waals surface area contributed by atoms with Crippen LogP contribution in [-0.2, 0) is 5.41 Å². The van der Waals surface area contributed by atoms with E-state index in [-0.39, 0.29) is 17.4 Å². The van der Waals surface area contributed by atoms with Crippen LogP contribution < -0.4 is 5.32 Å². The van der Waals surface area contributed by atoms with Gasteiger partial charge in [0, 0.05) is 17.7 Å². The van der Waals surface area contributed by atoms with Gasteiger partial charge in [-0.25, -0.2) is 9.67 Å². The molecule has 28 heavy (non-hydrogen) atoms. The van der Waals surface area contributed by atoms with Crippen molar-refractivity contribution in [3.8, 4) is 17.3 Å². The number of aromatic nitrogens is 5. The van der Waals surface area contributed by atoms with E-state index in [1.807, 2.05) is 53.7 Å². The van der Waals surface area contributed by atoms with Crippen LogP contribution >= 0.6 is 0 Å². The van der Waals surface area contributed by atoms with Crippen LogP contribution in [0, 0.1) is 6.92 Å². The maximum absolute atomic E-state index is 12.4. The van der Waals surface area contributed by atoms with Crippen molar-refractivity contribution in [3.63, 3.8) is 0 Å². The molecular formula is C20H26N6O2. The van der Waals surface area contributed by atoms with Gasteiger partial charge in [-0.1, -0.05) is 32.9 Å². The Morgan fingerprint density at radius 1 is 1.29 bits per heavy atom. The van der Waals surface area contributed by atoms with Crippen molar-refractivity contribution >= 4 is 5.91 Å². The summed E-state index contributed by atoms with van der Waals surface area (Å²) in [7, 11) is 0. The zero-order valence-electron chi connectivity index (χ0n) is 17.1.